The summed E-state index contributed by atoms with van der Waals surface area (Å²) in [6.07, 6.45) is -0.719. The van der Waals surface area contributed by atoms with E-state index in [9.17, 15) is 14.7 Å². The van der Waals surface area contributed by atoms with Gasteiger partial charge in [0.2, 0.25) is 0 Å². The number of carbonyl (C=O) groups is 2. The van der Waals surface area contributed by atoms with E-state index in [1.54, 1.807) is 10.8 Å². The number of carboxylic acids is 1. The number of rotatable bonds is 7. The van der Waals surface area contributed by atoms with Crippen molar-refractivity contribution in [1.29, 1.82) is 0 Å². The molecule has 0 saturated heterocycles. The van der Waals surface area contributed by atoms with E-state index in [0.29, 0.717) is 0 Å². The largest absolute Gasteiger partial charge is 0.480 e. The summed E-state index contributed by atoms with van der Waals surface area (Å²) >= 11 is 0. The number of alkyl carbamates (subject to hydrolysis) is 1. The molecule has 5 nitrogen and oxygen atoms in total. The second-order valence-corrected chi connectivity index (χ2v) is 12.7. The van der Waals surface area contributed by atoms with Crippen molar-refractivity contribution in [1.82, 2.24) is 5.32 Å². The van der Waals surface area contributed by atoms with E-state index in [2.05, 4.69) is 38.2 Å². The number of carboxylic acid groups (broad SMARTS) is 1. The van der Waals surface area contributed by atoms with Gasteiger partial charge in [0.1, 0.15) is 12.6 Å². The summed E-state index contributed by atoms with van der Waals surface area (Å²) in [5.74, 6) is -1.15. The molecule has 2 N–H and O–H groups in total. The molecule has 1 aliphatic rings. The van der Waals surface area contributed by atoms with Gasteiger partial charge >= 0.3 is 12.1 Å². The van der Waals surface area contributed by atoms with Crippen molar-refractivity contribution in [3.05, 3.63) is 59.7 Å². The molecule has 0 saturated carbocycles. The fourth-order valence-corrected chi connectivity index (χ4v) is 5.98. The molecule has 0 spiro atoms. The predicted molar refractivity (Wildman–Crippen MR) is 129 cm³/mol. The van der Waals surface area contributed by atoms with Gasteiger partial charge in [-0.2, -0.15) is 0 Å². The zero-order valence-electron chi connectivity index (χ0n) is 18.5. The van der Waals surface area contributed by atoms with Gasteiger partial charge in [-0.25, -0.2) is 9.59 Å². The Morgan fingerprint density at radius 2 is 1.48 bits per heavy atom. The van der Waals surface area contributed by atoms with Crippen LogP contribution in [0.5, 0.6) is 0 Å². The first-order valence-corrected chi connectivity index (χ1v) is 12.4. The number of hydrogen-bond acceptors (Lipinski definition) is 5. The lowest BCUT2D eigenvalue weighted by Crippen LogP contribution is -2.52. The van der Waals surface area contributed by atoms with E-state index in [4.69, 9.17) is 4.74 Å². The van der Waals surface area contributed by atoms with Gasteiger partial charge in [-0.15, -0.1) is 0 Å². The summed E-state index contributed by atoms with van der Waals surface area (Å²) in [6.45, 7) is 9.98. The quantitative estimate of drug-likeness (QED) is 0.499. The second kappa shape index (κ2) is 9.17. The lowest BCUT2D eigenvalue weighted by atomic mass is 9.98. The van der Waals surface area contributed by atoms with Gasteiger partial charge in [0.25, 0.3) is 0 Å². The van der Waals surface area contributed by atoms with E-state index in [1.807, 2.05) is 50.2 Å². The van der Waals surface area contributed by atoms with Gasteiger partial charge in [-0.05, 0) is 36.1 Å². The van der Waals surface area contributed by atoms with Crippen molar-refractivity contribution in [2.75, 3.05) is 6.61 Å². The van der Waals surface area contributed by atoms with Crippen molar-refractivity contribution in [2.45, 2.75) is 56.1 Å². The number of benzene rings is 2. The Bertz CT molecular complexity index is 923. The molecule has 166 valence electrons. The molecule has 0 unspecified atom stereocenters. The zero-order valence-corrected chi connectivity index (χ0v) is 20.1. The minimum Gasteiger partial charge on any atom is -0.480 e. The van der Waals surface area contributed by atoms with E-state index in [1.165, 1.54) is 10.8 Å². The van der Waals surface area contributed by atoms with Gasteiger partial charge in [-0.1, -0.05) is 90.9 Å². The molecule has 0 heterocycles. The Morgan fingerprint density at radius 1 is 0.968 bits per heavy atom. The first-order chi connectivity index (χ1) is 14.5. The van der Waals surface area contributed by atoms with Crippen LogP contribution in [0.25, 0.3) is 11.1 Å². The van der Waals surface area contributed by atoms with E-state index in [0.717, 1.165) is 22.3 Å². The van der Waals surface area contributed by atoms with Crippen LogP contribution in [-0.2, 0) is 9.53 Å². The second-order valence-electron chi connectivity index (χ2n) is 9.12. The number of carbonyl (C=O) groups excluding carboxylic acids is 1. The number of ether oxygens (including phenoxy) is 1. The fraction of sp³-hybridized carbons (Fsp3) is 0.417. The van der Waals surface area contributed by atoms with Crippen LogP contribution in [0.15, 0.2) is 48.5 Å². The molecular weight excluding hydrogens is 430 g/mol. The maximum atomic E-state index is 12.6. The Labute approximate surface area is 191 Å². The standard InChI is InChI=1S/C24H29NO4S2/c1-23(2,3)30-31-24(4,5)20(21(26)27)25-22(28)29-14-19-17-12-8-6-10-15(17)16-11-7-9-13-18(16)19/h6-13,19-20H,14H2,1-5H3,(H,25,28)(H,26,27)/t20-/m1/s1. The third-order valence-corrected chi connectivity index (χ3v) is 9.34. The molecular formula is C24H29NO4S2. The maximum absolute atomic E-state index is 12.6. The highest BCUT2D eigenvalue weighted by Gasteiger charge is 2.39. The van der Waals surface area contributed by atoms with Crippen molar-refractivity contribution < 1.29 is 19.4 Å². The minimum atomic E-state index is -1.08. The summed E-state index contributed by atoms with van der Waals surface area (Å²) < 4.78 is 4.77. The van der Waals surface area contributed by atoms with Crippen LogP contribution >= 0.6 is 21.6 Å². The van der Waals surface area contributed by atoms with Gasteiger partial charge in [-0.3, -0.25) is 0 Å². The van der Waals surface area contributed by atoms with Crippen molar-refractivity contribution >= 4 is 33.7 Å². The first kappa shape index (κ1) is 23.5. The predicted octanol–water partition coefficient (Wildman–Crippen LogP) is 5.94. The SMILES string of the molecule is CC(C)(C)SSC(C)(C)[C@H](NC(=O)OCC1c2ccccc2-c2ccccc21)C(=O)O. The molecule has 1 aliphatic carbocycles. The van der Waals surface area contributed by atoms with Crippen LogP contribution in [-0.4, -0.2) is 39.3 Å². The third-order valence-electron chi connectivity index (χ3n) is 5.05. The average Bonchev–Trinajstić information content (AvgIpc) is 3.02. The molecule has 2 aromatic carbocycles. The number of nitrogens with one attached hydrogen (secondary N) is 1. The Balaban J connectivity index is 1.68. The summed E-state index contributed by atoms with van der Waals surface area (Å²) in [5, 5.41) is 12.3. The van der Waals surface area contributed by atoms with Crippen molar-refractivity contribution in [3.63, 3.8) is 0 Å². The Morgan fingerprint density at radius 3 is 1.97 bits per heavy atom. The monoisotopic (exact) mass is 459 g/mol. The zero-order chi connectivity index (χ0) is 22.8. The summed E-state index contributed by atoms with van der Waals surface area (Å²) in [4.78, 5) is 24.5. The molecule has 31 heavy (non-hydrogen) atoms. The number of fused-ring (bicyclic) bond motifs is 3. The van der Waals surface area contributed by atoms with Gasteiger partial charge in [0.05, 0.1) is 4.75 Å². The summed E-state index contributed by atoms with van der Waals surface area (Å²) in [6, 6.07) is 15.1. The number of hydrogen-bond donors (Lipinski definition) is 2. The van der Waals surface area contributed by atoms with Crippen LogP contribution in [0.2, 0.25) is 0 Å². The third kappa shape index (κ3) is 5.57. The lowest BCUT2D eigenvalue weighted by molar-refractivity contribution is -0.140. The number of amides is 1. The van der Waals surface area contributed by atoms with Crippen LogP contribution in [0.3, 0.4) is 0 Å². The summed E-state index contributed by atoms with van der Waals surface area (Å²) in [5.41, 5.74) is 4.52. The van der Waals surface area contributed by atoms with E-state index < -0.39 is 22.9 Å². The van der Waals surface area contributed by atoms with Gasteiger partial charge in [0.15, 0.2) is 0 Å². The minimum absolute atomic E-state index is 0.0330. The molecule has 1 atom stereocenters. The first-order valence-electron chi connectivity index (χ1n) is 10.2. The topological polar surface area (TPSA) is 75.6 Å². The van der Waals surface area contributed by atoms with Crippen molar-refractivity contribution in [2.24, 2.45) is 0 Å². The highest BCUT2D eigenvalue weighted by Crippen LogP contribution is 2.46. The Kier molecular flexibility index (Phi) is 6.96. The molecule has 0 aromatic heterocycles. The van der Waals surface area contributed by atoms with Gasteiger partial charge < -0.3 is 15.2 Å². The molecule has 3 rings (SSSR count). The smallest absolute Gasteiger partial charge is 0.407 e. The highest BCUT2D eigenvalue weighted by atomic mass is 33.1. The van der Waals surface area contributed by atoms with Crippen LogP contribution in [0.4, 0.5) is 4.79 Å². The molecule has 0 aliphatic heterocycles. The van der Waals surface area contributed by atoms with Gasteiger partial charge in [0, 0.05) is 10.7 Å². The van der Waals surface area contributed by atoms with E-state index >= 15 is 0 Å². The molecule has 1 amide bonds. The molecule has 2 aromatic rings. The normalized spacial score (nSPS) is 14.5. The molecule has 0 fully saturated rings. The van der Waals surface area contributed by atoms with Crippen LogP contribution in [0.1, 0.15) is 51.7 Å². The van der Waals surface area contributed by atoms with Crippen LogP contribution < -0.4 is 5.32 Å². The molecule has 0 radical (unpaired) electrons. The number of aliphatic carboxylic acids is 1. The Hall–Kier alpha value is -2.12. The van der Waals surface area contributed by atoms with E-state index in [-0.39, 0.29) is 17.3 Å². The fourth-order valence-electron chi connectivity index (χ4n) is 3.57. The molecule has 0 bridgehead atoms. The summed E-state index contributed by atoms with van der Waals surface area (Å²) in [7, 11) is 3.05. The van der Waals surface area contributed by atoms with Crippen LogP contribution in [0, 0.1) is 0 Å². The molecule has 7 heteroatoms. The van der Waals surface area contributed by atoms with Crippen molar-refractivity contribution in [3.8, 4) is 11.1 Å². The lowest BCUT2D eigenvalue weighted by Gasteiger charge is -2.32. The maximum Gasteiger partial charge on any atom is 0.407 e. The average molecular weight is 460 g/mol. The highest BCUT2D eigenvalue weighted by molar-refractivity contribution is 8.77.